The average molecular weight is 492 g/mol. The van der Waals surface area contributed by atoms with Gasteiger partial charge < -0.3 is 9.30 Å². The number of nitrogens with zero attached hydrogens (tertiary/aromatic N) is 3. The van der Waals surface area contributed by atoms with E-state index in [0.29, 0.717) is 11.1 Å². The largest absolute Gasteiger partial charge is 0.465 e. The SMILES string of the molecule is COC(=O)c1cccc(-n2c(C)cc(C=C3SC(=O)N(Cc4cccc([N+](=O)[O-])c4)C3=O)c2C)c1. The summed E-state index contributed by atoms with van der Waals surface area (Å²) in [6.45, 7) is 3.74. The first-order valence-corrected chi connectivity index (χ1v) is 11.4. The lowest BCUT2D eigenvalue weighted by atomic mass is 10.2. The van der Waals surface area contributed by atoms with Gasteiger partial charge in [0.25, 0.3) is 16.8 Å². The minimum atomic E-state index is -0.520. The molecule has 10 heteroatoms. The van der Waals surface area contributed by atoms with Crippen LogP contribution < -0.4 is 0 Å². The summed E-state index contributed by atoms with van der Waals surface area (Å²) in [5.74, 6) is -0.893. The number of methoxy groups -OCH3 is 1. The summed E-state index contributed by atoms with van der Waals surface area (Å²) in [4.78, 5) is 49.3. The topological polar surface area (TPSA) is 112 Å². The molecular weight excluding hydrogens is 470 g/mol. The molecule has 1 saturated heterocycles. The number of amides is 2. The third kappa shape index (κ3) is 4.73. The number of esters is 1. The molecule has 35 heavy (non-hydrogen) atoms. The third-order valence-corrected chi connectivity index (χ3v) is 6.53. The molecule has 1 fully saturated rings. The molecule has 3 aromatic rings. The lowest BCUT2D eigenvalue weighted by molar-refractivity contribution is -0.384. The minimum Gasteiger partial charge on any atom is -0.465 e. The quantitative estimate of drug-likeness (QED) is 0.206. The summed E-state index contributed by atoms with van der Waals surface area (Å²) in [5.41, 5.74) is 4.04. The fourth-order valence-corrected chi connectivity index (χ4v) is 4.78. The van der Waals surface area contributed by atoms with Crippen molar-refractivity contribution >= 4 is 40.6 Å². The Morgan fingerprint density at radius 2 is 1.86 bits per heavy atom. The number of ether oxygens (including phenoxy) is 1. The molecule has 9 nitrogen and oxygen atoms in total. The second-order valence-corrected chi connectivity index (χ2v) is 8.89. The number of benzene rings is 2. The summed E-state index contributed by atoms with van der Waals surface area (Å²) < 4.78 is 6.76. The average Bonchev–Trinajstić information content (AvgIpc) is 3.27. The summed E-state index contributed by atoms with van der Waals surface area (Å²) in [7, 11) is 1.32. The number of carbonyl (C=O) groups is 3. The molecule has 0 radical (unpaired) electrons. The molecule has 0 unspecified atom stereocenters. The van der Waals surface area contributed by atoms with Gasteiger partial charge >= 0.3 is 5.97 Å². The van der Waals surface area contributed by atoms with E-state index in [1.807, 2.05) is 30.5 Å². The number of carbonyl (C=O) groups excluding carboxylic acids is 3. The third-order valence-electron chi connectivity index (χ3n) is 5.62. The Balaban J connectivity index is 1.62. The van der Waals surface area contributed by atoms with Crippen molar-refractivity contribution < 1.29 is 24.0 Å². The van der Waals surface area contributed by atoms with Gasteiger partial charge in [-0.3, -0.25) is 24.6 Å². The number of nitro groups is 1. The molecule has 0 bridgehead atoms. The standard InChI is InChI=1S/C25H21N3O6S/c1-15-10-19(16(2)27(15)20-8-5-7-18(12-20)24(30)34-3)13-22-23(29)26(25(31)35-22)14-17-6-4-9-21(11-17)28(32)33/h4-13H,14H2,1-3H3. The lowest BCUT2D eigenvalue weighted by Crippen LogP contribution is -2.27. The van der Waals surface area contributed by atoms with E-state index < -0.39 is 22.0 Å². The first-order chi connectivity index (χ1) is 16.7. The predicted molar refractivity (Wildman–Crippen MR) is 131 cm³/mol. The predicted octanol–water partition coefficient (Wildman–Crippen LogP) is 5.03. The molecule has 0 aliphatic carbocycles. The van der Waals surface area contributed by atoms with Crippen LogP contribution in [0.25, 0.3) is 11.8 Å². The molecule has 178 valence electrons. The zero-order valence-electron chi connectivity index (χ0n) is 19.2. The maximum atomic E-state index is 13.0. The number of rotatable bonds is 6. The van der Waals surface area contributed by atoms with E-state index in [0.717, 1.165) is 39.3 Å². The molecule has 2 amide bonds. The van der Waals surface area contributed by atoms with Crippen LogP contribution in [0.2, 0.25) is 0 Å². The van der Waals surface area contributed by atoms with E-state index in [9.17, 15) is 24.5 Å². The molecule has 0 saturated carbocycles. The zero-order chi connectivity index (χ0) is 25.3. The minimum absolute atomic E-state index is 0.0526. The number of imide groups is 1. The second-order valence-electron chi connectivity index (χ2n) is 7.90. The molecule has 0 N–H and O–H groups in total. The van der Waals surface area contributed by atoms with Crippen molar-refractivity contribution in [2.24, 2.45) is 0 Å². The van der Waals surface area contributed by atoms with Gasteiger partial charge in [-0.1, -0.05) is 18.2 Å². The highest BCUT2D eigenvalue weighted by atomic mass is 32.2. The van der Waals surface area contributed by atoms with Crippen LogP contribution in [-0.2, 0) is 16.1 Å². The van der Waals surface area contributed by atoms with Crippen molar-refractivity contribution in [1.29, 1.82) is 0 Å². The van der Waals surface area contributed by atoms with Gasteiger partial charge in [0.2, 0.25) is 0 Å². The maximum absolute atomic E-state index is 13.0. The van der Waals surface area contributed by atoms with Crippen LogP contribution >= 0.6 is 11.8 Å². The molecule has 2 aromatic carbocycles. The summed E-state index contributed by atoms with van der Waals surface area (Å²) >= 11 is 0.830. The normalized spacial score (nSPS) is 14.6. The van der Waals surface area contributed by atoms with Gasteiger partial charge in [-0.2, -0.15) is 0 Å². The van der Waals surface area contributed by atoms with Crippen LogP contribution in [-0.4, -0.2) is 38.6 Å². The Kier molecular flexibility index (Phi) is 6.57. The van der Waals surface area contributed by atoms with Crippen LogP contribution in [0.5, 0.6) is 0 Å². The lowest BCUT2D eigenvalue weighted by Gasteiger charge is -2.12. The van der Waals surface area contributed by atoms with Gasteiger partial charge in [0, 0.05) is 29.2 Å². The van der Waals surface area contributed by atoms with E-state index >= 15 is 0 Å². The fraction of sp³-hybridized carbons (Fsp3) is 0.160. The van der Waals surface area contributed by atoms with Gasteiger partial charge in [-0.25, -0.2) is 4.79 Å². The molecule has 1 aromatic heterocycles. The van der Waals surface area contributed by atoms with Gasteiger partial charge in [-0.05, 0) is 67.1 Å². The van der Waals surface area contributed by atoms with E-state index in [4.69, 9.17) is 4.74 Å². The van der Waals surface area contributed by atoms with Crippen LogP contribution in [0.3, 0.4) is 0 Å². The van der Waals surface area contributed by atoms with Gasteiger partial charge in [0.15, 0.2) is 0 Å². The Bertz CT molecular complexity index is 1410. The number of nitro benzene ring substituents is 1. The zero-order valence-corrected chi connectivity index (χ0v) is 20.0. The maximum Gasteiger partial charge on any atom is 0.337 e. The number of hydrogen-bond donors (Lipinski definition) is 0. The summed E-state index contributed by atoms with van der Waals surface area (Å²) in [5, 5.41) is 10.6. The molecule has 2 heterocycles. The Labute approximate surface area is 205 Å². The van der Waals surface area contributed by atoms with Crippen molar-refractivity contribution in [3.05, 3.63) is 97.7 Å². The number of thioether (sulfide) groups is 1. The Morgan fingerprint density at radius 1 is 1.11 bits per heavy atom. The Morgan fingerprint density at radius 3 is 2.57 bits per heavy atom. The van der Waals surface area contributed by atoms with Crippen molar-refractivity contribution in [2.75, 3.05) is 7.11 Å². The molecule has 1 aliphatic rings. The van der Waals surface area contributed by atoms with Crippen LogP contribution in [0, 0.1) is 24.0 Å². The molecule has 0 spiro atoms. The summed E-state index contributed by atoms with van der Waals surface area (Å²) in [6.07, 6.45) is 1.67. The van der Waals surface area contributed by atoms with Crippen LogP contribution in [0.1, 0.15) is 32.9 Å². The Hall–Kier alpha value is -4.18. The fourth-order valence-electron chi connectivity index (χ4n) is 3.95. The van der Waals surface area contributed by atoms with Gasteiger partial charge in [0.05, 0.1) is 29.0 Å². The molecule has 4 rings (SSSR count). The van der Waals surface area contributed by atoms with Crippen molar-refractivity contribution in [2.45, 2.75) is 20.4 Å². The highest BCUT2D eigenvalue weighted by molar-refractivity contribution is 8.18. The highest BCUT2D eigenvalue weighted by Gasteiger charge is 2.35. The molecule has 1 aliphatic heterocycles. The van der Waals surface area contributed by atoms with E-state index in [-0.39, 0.29) is 17.1 Å². The monoisotopic (exact) mass is 491 g/mol. The molecular formula is C25H21N3O6S. The van der Waals surface area contributed by atoms with Crippen LogP contribution in [0.4, 0.5) is 10.5 Å². The summed E-state index contributed by atoms with van der Waals surface area (Å²) in [6, 6.07) is 14.8. The number of hydrogen-bond acceptors (Lipinski definition) is 7. The van der Waals surface area contributed by atoms with Crippen molar-refractivity contribution in [1.82, 2.24) is 9.47 Å². The first kappa shape index (κ1) is 24.0. The first-order valence-electron chi connectivity index (χ1n) is 10.6. The van der Waals surface area contributed by atoms with Crippen molar-refractivity contribution in [3.8, 4) is 5.69 Å². The number of aromatic nitrogens is 1. The van der Waals surface area contributed by atoms with Crippen LogP contribution in [0.15, 0.2) is 59.5 Å². The van der Waals surface area contributed by atoms with E-state index in [1.54, 1.807) is 30.3 Å². The number of aryl methyl sites for hydroxylation is 1. The second kappa shape index (κ2) is 9.59. The number of non-ortho nitro benzene ring substituents is 1. The highest BCUT2D eigenvalue weighted by Crippen LogP contribution is 2.35. The van der Waals surface area contributed by atoms with E-state index in [1.165, 1.54) is 25.3 Å². The molecule has 0 atom stereocenters. The van der Waals surface area contributed by atoms with Gasteiger partial charge in [0.1, 0.15) is 0 Å². The van der Waals surface area contributed by atoms with Crippen molar-refractivity contribution in [3.63, 3.8) is 0 Å². The smallest absolute Gasteiger partial charge is 0.337 e. The van der Waals surface area contributed by atoms with Gasteiger partial charge in [-0.15, -0.1) is 0 Å². The van der Waals surface area contributed by atoms with E-state index in [2.05, 4.69) is 0 Å².